The van der Waals surface area contributed by atoms with Crippen LogP contribution in [-0.4, -0.2) is 0 Å². The van der Waals surface area contributed by atoms with Gasteiger partial charge in [0.15, 0.2) is 0 Å². The predicted octanol–water partition coefficient (Wildman–Crippen LogP) is 5.22. The molecular weight excluding hydrogens is 284 g/mol. The van der Waals surface area contributed by atoms with Crippen LogP contribution in [0.4, 0.5) is 0 Å². The van der Waals surface area contributed by atoms with E-state index in [2.05, 4.69) is 78.3 Å². The number of halogens is 1. The molecule has 3 rings (SSSR count). The van der Waals surface area contributed by atoms with Crippen molar-refractivity contribution in [2.75, 3.05) is 0 Å². The van der Waals surface area contributed by atoms with Gasteiger partial charge in [-0.25, -0.2) is 0 Å². The van der Waals surface area contributed by atoms with E-state index in [0.29, 0.717) is 5.92 Å². The van der Waals surface area contributed by atoms with Crippen LogP contribution in [0.25, 0.3) is 6.08 Å². The summed E-state index contributed by atoms with van der Waals surface area (Å²) in [5, 5.41) is 0. The van der Waals surface area contributed by atoms with Gasteiger partial charge in [-0.1, -0.05) is 52.3 Å². The second-order valence-corrected chi connectivity index (χ2v) is 5.83. The van der Waals surface area contributed by atoms with Gasteiger partial charge >= 0.3 is 0 Å². The smallest absolute Gasteiger partial charge is 0.0284 e. The van der Waals surface area contributed by atoms with E-state index in [-0.39, 0.29) is 0 Å². The second-order valence-electron chi connectivity index (χ2n) is 4.92. The van der Waals surface area contributed by atoms with Gasteiger partial charge in [-0.2, -0.15) is 0 Å². The summed E-state index contributed by atoms with van der Waals surface area (Å²) in [7, 11) is 0. The third-order valence-electron chi connectivity index (χ3n) is 3.69. The molecule has 0 spiro atoms. The molecule has 0 bridgehead atoms. The van der Waals surface area contributed by atoms with Gasteiger partial charge in [0.25, 0.3) is 0 Å². The van der Waals surface area contributed by atoms with Gasteiger partial charge in [-0.15, -0.1) is 0 Å². The van der Waals surface area contributed by atoms with Gasteiger partial charge in [0.2, 0.25) is 0 Å². The molecular formula is C17H15Br. The Kier molecular flexibility index (Phi) is 2.87. The first kappa shape index (κ1) is 11.7. The first-order valence-corrected chi connectivity index (χ1v) is 7.00. The van der Waals surface area contributed by atoms with Crippen LogP contribution in [0.1, 0.15) is 33.7 Å². The SMILES string of the molecule is Cc1ccccc1C1C=Cc2cc(Br)cc(C)c21. The van der Waals surface area contributed by atoms with Crippen LogP contribution in [0.15, 0.2) is 46.9 Å². The topological polar surface area (TPSA) is 0 Å². The van der Waals surface area contributed by atoms with Crippen molar-refractivity contribution in [1.82, 2.24) is 0 Å². The number of hydrogen-bond donors (Lipinski definition) is 0. The first-order chi connectivity index (χ1) is 8.66. The van der Waals surface area contributed by atoms with Crippen molar-refractivity contribution in [3.63, 3.8) is 0 Å². The van der Waals surface area contributed by atoms with Crippen LogP contribution in [0, 0.1) is 13.8 Å². The molecule has 0 nitrogen and oxygen atoms in total. The number of rotatable bonds is 1. The monoisotopic (exact) mass is 298 g/mol. The van der Waals surface area contributed by atoms with Crippen LogP contribution in [-0.2, 0) is 0 Å². The summed E-state index contributed by atoms with van der Waals surface area (Å²) < 4.78 is 1.16. The second kappa shape index (κ2) is 4.40. The zero-order chi connectivity index (χ0) is 12.7. The molecule has 0 N–H and O–H groups in total. The van der Waals surface area contributed by atoms with Gasteiger partial charge in [-0.3, -0.25) is 0 Å². The highest BCUT2D eigenvalue weighted by molar-refractivity contribution is 9.10. The quantitative estimate of drug-likeness (QED) is 0.677. The van der Waals surface area contributed by atoms with Gasteiger partial charge in [0.1, 0.15) is 0 Å². The summed E-state index contributed by atoms with van der Waals surface area (Å²) in [4.78, 5) is 0. The summed E-state index contributed by atoms with van der Waals surface area (Å²) in [6, 6.07) is 13.1. The molecule has 0 aromatic heterocycles. The molecule has 0 heterocycles. The lowest BCUT2D eigenvalue weighted by molar-refractivity contribution is 1.01. The van der Waals surface area contributed by atoms with Crippen molar-refractivity contribution < 1.29 is 0 Å². The Labute approximate surface area is 116 Å². The fourth-order valence-electron chi connectivity index (χ4n) is 2.83. The third-order valence-corrected chi connectivity index (χ3v) is 4.14. The molecule has 0 aliphatic heterocycles. The van der Waals surface area contributed by atoms with E-state index in [0.717, 1.165) is 4.47 Å². The molecule has 18 heavy (non-hydrogen) atoms. The van der Waals surface area contributed by atoms with Crippen LogP contribution in [0.5, 0.6) is 0 Å². The molecule has 0 saturated heterocycles. The maximum Gasteiger partial charge on any atom is 0.0284 e. The molecule has 0 fully saturated rings. The van der Waals surface area contributed by atoms with E-state index in [1.54, 1.807) is 0 Å². The van der Waals surface area contributed by atoms with Crippen molar-refractivity contribution >= 4 is 22.0 Å². The minimum absolute atomic E-state index is 0.411. The Bertz CT molecular complexity index is 638. The molecule has 1 heteroatoms. The lowest BCUT2D eigenvalue weighted by atomic mass is 9.88. The highest BCUT2D eigenvalue weighted by atomic mass is 79.9. The van der Waals surface area contributed by atoms with Crippen molar-refractivity contribution in [1.29, 1.82) is 0 Å². The molecule has 1 aliphatic rings. The molecule has 1 atom stereocenters. The molecule has 1 aliphatic carbocycles. The number of allylic oxidation sites excluding steroid dienone is 1. The van der Waals surface area contributed by atoms with Gasteiger partial charge < -0.3 is 0 Å². The van der Waals surface area contributed by atoms with E-state index >= 15 is 0 Å². The van der Waals surface area contributed by atoms with E-state index in [4.69, 9.17) is 0 Å². The zero-order valence-corrected chi connectivity index (χ0v) is 12.2. The lowest BCUT2D eigenvalue weighted by Crippen LogP contribution is -2.01. The highest BCUT2D eigenvalue weighted by Crippen LogP contribution is 2.39. The van der Waals surface area contributed by atoms with Crippen molar-refractivity contribution in [3.05, 3.63) is 74.8 Å². The highest BCUT2D eigenvalue weighted by Gasteiger charge is 2.22. The minimum Gasteiger partial charge on any atom is -0.0720 e. The summed E-state index contributed by atoms with van der Waals surface area (Å²) in [6.07, 6.45) is 4.55. The van der Waals surface area contributed by atoms with Crippen molar-refractivity contribution in [3.8, 4) is 0 Å². The Morgan fingerprint density at radius 1 is 1.00 bits per heavy atom. The Hall–Kier alpha value is -1.34. The molecule has 2 aromatic carbocycles. The average molecular weight is 299 g/mol. The van der Waals surface area contributed by atoms with Gasteiger partial charge in [-0.05, 0) is 53.8 Å². The van der Waals surface area contributed by atoms with E-state index in [1.165, 1.54) is 27.8 Å². The average Bonchev–Trinajstić information content (AvgIpc) is 2.73. The number of hydrogen-bond acceptors (Lipinski definition) is 0. The number of fused-ring (bicyclic) bond motifs is 1. The number of aryl methyl sites for hydroxylation is 2. The zero-order valence-electron chi connectivity index (χ0n) is 10.6. The van der Waals surface area contributed by atoms with Crippen LogP contribution < -0.4 is 0 Å². The molecule has 2 aromatic rings. The van der Waals surface area contributed by atoms with Crippen LogP contribution >= 0.6 is 15.9 Å². The predicted molar refractivity (Wildman–Crippen MR) is 80.9 cm³/mol. The van der Waals surface area contributed by atoms with E-state index in [9.17, 15) is 0 Å². The molecule has 0 radical (unpaired) electrons. The summed E-state index contributed by atoms with van der Waals surface area (Å²) in [6.45, 7) is 4.39. The van der Waals surface area contributed by atoms with Crippen LogP contribution in [0.2, 0.25) is 0 Å². The Morgan fingerprint density at radius 2 is 1.78 bits per heavy atom. The maximum atomic E-state index is 3.57. The fraction of sp³-hybridized carbons (Fsp3) is 0.176. The Morgan fingerprint density at radius 3 is 2.56 bits per heavy atom. The number of benzene rings is 2. The summed E-state index contributed by atoms with van der Waals surface area (Å²) in [5.74, 6) is 0.411. The third kappa shape index (κ3) is 1.83. The first-order valence-electron chi connectivity index (χ1n) is 6.20. The standard InChI is InChI=1S/C17H15Br/c1-11-5-3-4-6-15(11)16-8-7-13-10-14(18)9-12(2)17(13)16/h3-10,16H,1-2H3. The molecule has 90 valence electrons. The molecule has 1 unspecified atom stereocenters. The summed E-state index contributed by atoms with van der Waals surface area (Å²) in [5.41, 5.74) is 6.93. The van der Waals surface area contributed by atoms with E-state index in [1.807, 2.05) is 0 Å². The molecule has 0 saturated carbocycles. The van der Waals surface area contributed by atoms with Gasteiger partial charge in [0, 0.05) is 10.4 Å². The summed E-state index contributed by atoms with van der Waals surface area (Å²) >= 11 is 3.57. The maximum absolute atomic E-state index is 3.57. The minimum atomic E-state index is 0.411. The lowest BCUT2D eigenvalue weighted by Gasteiger charge is -2.17. The largest absolute Gasteiger partial charge is 0.0720 e. The van der Waals surface area contributed by atoms with Crippen molar-refractivity contribution in [2.24, 2.45) is 0 Å². The molecule has 0 amide bonds. The normalized spacial score (nSPS) is 16.9. The van der Waals surface area contributed by atoms with Crippen LogP contribution in [0.3, 0.4) is 0 Å². The van der Waals surface area contributed by atoms with E-state index < -0.39 is 0 Å². The van der Waals surface area contributed by atoms with Crippen molar-refractivity contribution in [2.45, 2.75) is 19.8 Å². The Balaban J connectivity index is 2.17. The fourth-order valence-corrected chi connectivity index (χ4v) is 3.42. The van der Waals surface area contributed by atoms with Gasteiger partial charge in [0.05, 0.1) is 0 Å².